The van der Waals surface area contributed by atoms with E-state index in [1.54, 1.807) is 14.2 Å². The lowest BCUT2D eigenvalue weighted by atomic mass is 10.0. The highest BCUT2D eigenvalue weighted by Crippen LogP contribution is 2.41. The van der Waals surface area contributed by atoms with Crippen molar-refractivity contribution in [3.05, 3.63) is 89.5 Å². The van der Waals surface area contributed by atoms with E-state index < -0.39 is 0 Å². The molecule has 3 aromatic carbocycles. The summed E-state index contributed by atoms with van der Waals surface area (Å²) in [4.78, 5) is 18.1. The summed E-state index contributed by atoms with van der Waals surface area (Å²) in [7, 11) is 3.36. The van der Waals surface area contributed by atoms with E-state index >= 15 is 0 Å². The number of rotatable bonds is 5. The van der Waals surface area contributed by atoms with Gasteiger partial charge in [0.05, 0.1) is 31.2 Å². The molecule has 5 rings (SSSR count). The third-order valence-corrected chi connectivity index (χ3v) is 6.29. The largest absolute Gasteiger partial charge is 0.497 e. The zero-order valence-electron chi connectivity index (χ0n) is 18.4. The molecule has 0 aromatic heterocycles. The number of Topliss-reactive ketones (excluding diaryl/α,β-unsaturated/α-hetero) is 1. The number of benzene rings is 3. The minimum absolute atomic E-state index is 0.0907. The number of carbonyl (C=O) groups is 1. The summed E-state index contributed by atoms with van der Waals surface area (Å²) in [6.07, 6.45) is 0. The second kappa shape index (κ2) is 8.42. The third-order valence-electron chi connectivity index (χ3n) is 6.29. The highest BCUT2D eigenvalue weighted by molar-refractivity contribution is 6.39. The Balaban J connectivity index is 1.49. The van der Waals surface area contributed by atoms with Gasteiger partial charge in [-0.15, -0.1) is 0 Å². The van der Waals surface area contributed by atoms with Gasteiger partial charge in [-0.3, -0.25) is 4.79 Å². The molecule has 1 aliphatic carbocycles. The van der Waals surface area contributed by atoms with Crippen molar-refractivity contribution in [2.24, 2.45) is 0 Å². The fourth-order valence-electron chi connectivity index (χ4n) is 4.68. The molecule has 3 aromatic rings. The number of anilines is 1. The van der Waals surface area contributed by atoms with Crippen LogP contribution in [-0.4, -0.2) is 51.1 Å². The lowest BCUT2D eigenvalue weighted by molar-refractivity contribution is 0.105. The van der Waals surface area contributed by atoms with Gasteiger partial charge in [-0.25, -0.2) is 0 Å². The van der Waals surface area contributed by atoms with Gasteiger partial charge in [-0.1, -0.05) is 48.5 Å². The van der Waals surface area contributed by atoms with Gasteiger partial charge in [0.25, 0.3) is 0 Å². The number of hydrogen-bond donors (Lipinski definition) is 0. The Morgan fingerprint density at radius 2 is 1.31 bits per heavy atom. The van der Waals surface area contributed by atoms with Crippen LogP contribution in [0.2, 0.25) is 0 Å². The number of ether oxygens (including phenoxy) is 2. The molecule has 5 heteroatoms. The zero-order chi connectivity index (χ0) is 22.1. The second-order valence-electron chi connectivity index (χ2n) is 7.97. The molecule has 1 aliphatic heterocycles. The molecule has 5 nitrogen and oxygen atoms in total. The van der Waals surface area contributed by atoms with Crippen LogP contribution < -0.4 is 14.4 Å². The Morgan fingerprint density at radius 3 is 2.00 bits per heavy atom. The molecule has 0 atom stereocenters. The van der Waals surface area contributed by atoms with Crippen LogP contribution in [0.15, 0.2) is 72.8 Å². The Kier molecular flexibility index (Phi) is 5.31. The van der Waals surface area contributed by atoms with Crippen LogP contribution >= 0.6 is 0 Å². The van der Waals surface area contributed by atoms with E-state index in [4.69, 9.17) is 9.47 Å². The maximum absolute atomic E-state index is 13.4. The number of nitrogens with zero attached hydrogens (tertiary/aromatic N) is 2. The van der Waals surface area contributed by atoms with E-state index in [-0.39, 0.29) is 5.78 Å². The lowest BCUT2D eigenvalue weighted by Crippen LogP contribution is -2.45. The predicted octanol–water partition coefficient (Wildman–Crippen LogP) is 4.59. The van der Waals surface area contributed by atoms with Crippen molar-refractivity contribution in [3.63, 3.8) is 0 Å². The van der Waals surface area contributed by atoms with E-state index in [1.807, 2.05) is 60.7 Å². The standard InChI is InChI=1S/C27H26N2O3/c1-31-20-13-11-19(12-14-20)25-26(21-7-3-4-8-22(21)27(25)30)29-17-15-28(16-18-29)23-9-5-6-10-24(23)32-2/h3-14H,15-18H2,1-2H3. The fraction of sp³-hybridized carbons (Fsp3) is 0.222. The van der Waals surface area contributed by atoms with Crippen LogP contribution in [0, 0.1) is 0 Å². The van der Waals surface area contributed by atoms with Crippen molar-refractivity contribution in [2.75, 3.05) is 45.3 Å². The maximum atomic E-state index is 13.4. The van der Waals surface area contributed by atoms with Gasteiger partial charge in [0.1, 0.15) is 11.5 Å². The highest BCUT2D eigenvalue weighted by atomic mass is 16.5. The lowest BCUT2D eigenvalue weighted by Gasteiger charge is -2.39. The smallest absolute Gasteiger partial charge is 0.196 e. The van der Waals surface area contributed by atoms with Crippen LogP contribution in [0.1, 0.15) is 21.5 Å². The topological polar surface area (TPSA) is 42.0 Å². The van der Waals surface area contributed by atoms with Gasteiger partial charge in [-0.05, 0) is 29.8 Å². The van der Waals surface area contributed by atoms with E-state index in [2.05, 4.69) is 21.9 Å². The minimum atomic E-state index is 0.0907. The van der Waals surface area contributed by atoms with Crippen molar-refractivity contribution in [2.45, 2.75) is 0 Å². The summed E-state index contributed by atoms with van der Waals surface area (Å²) < 4.78 is 10.9. The van der Waals surface area contributed by atoms with Crippen molar-refractivity contribution in [3.8, 4) is 11.5 Å². The Bertz CT molecular complexity index is 1180. The molecule has 0 N–H and O–H groups in total. The van der Waals surface area contributed by atoms with E-state index in [0.717, 1.165) is 71.3 Å². The third kappa shape index (κ3) is 3.40. The summed E-state index contributed by atoms with van der Waals surface area (Å²) in [5.74, 6) is 1.76. The molecular weight excluding hydrogens is 400 g/mol. The van der Waals surface area contributed by atoms with Gasteiger partial charge in [0, 0.05) is 37.3 Å². The zero-order valence-corrected chi connectivity index (χ0v) is 18.4. The molecule has 0 unspecified atom stereocenters. The maximum Gasteiger partial charge on any atom is 0.196 e. The first-order chi connectivity index (χ1) is 15.7. The number of piperazine rings is 1. The average Bonchev–Trinajstić information content (AvgIpc) is 3.16. The second-order valence-corrected chi connectivity index (χ2v) is 7.97. The summed E-state index contributed by atoms with van der Waals surface area (Å²) in [6, 6.07) is 23.8. The molecule has 32 heavy (non-hydrogen) atoms. The monoisotopic (exact) mass is 426 g/mol. The highest BCUT2D eigenvalue weighted by Gasteiger charge is 2.34. The van der Waals surface area contributed by atoms with Gasteiger partial charge in [0.2, 0.25) is 0 Å². The number of para-hydroxylation sites is 2. The number of fused-ring (bicyclic) bond motifs is 1. The number of carbonyl (C=O) groups excluding carboxylic acids is 1. The predicted molar refractivity (Wildman–Crippen MR) is 127 cm³/mol. The Hall–Kier alpha value is -3.73. The molecule has 0 saturated carbocycles. The van der Waals surface area contributed by atoms with Crippen LogP contribution in [0.25, 0.3) is 11.3 Å². The summed E-state index contributed by atoms with van der Waals surface area (Å²) in [5, 5.41) is 0. The molecule has 0 bridgehead atoms. The van der Waals surface area contributed by atoms with Crippen LogP contribution in [0.4, 0.5) is 5.69 Å². The first kappa shape index (κ1) is 20.2. The molecular formula is C27H26N2O3. The molecule has 1 heterocycles. The average molecular weight is 427 g/mol. The van der Waals surface area contributed by atoms with Crippen molar-refractivity contribution in [1.82, 2.24) is 4.90 Å². The van der Waals surface area contributed by atoms with Gasteiger partial charge < -0.3 is 19.3 Å². The molecule has 0 amide bonds. The number of ketones is 1. The van der Waals surface area contributed by atoms with E-state index in [9.17, 15) is 4.79 Å². The van der Waals surface area contributed by atoms with Gasteiger partial charge in [-0.2, -0.15) is 0 Å². The normalized spacial score (nSPS) is 15.8. The van der Waals surface area contributed by atoms with Gasteiger partial charge in [0.15, 0.2) is 5.78 Å². The number of allylic oxidation sites excluding steroid dienone is 1. The van der Waals surface area contributed by atoms with Crippen molar-refractivity contribution < 1.29 is 14.3 Å². The molecule has 2 aliphatic rings. The van der Waals surface area contributed by atoms with Crippen molar-refractivity contribution >= 4 is 22.7 Å². The van der Waals surface area contributed by atoms with Crippen LogP contribution in [0.3, 0.4) is 0 Å². The van der Waals surface area contributed by atoms with Crippen LogP contribution in [0.5, 0.6) is 11.5 Å². The van der Waals surface area contributed by atoms with Crippen LogP contribution in [-0.2, 0) is 0 Å². The Labute approximate surface area is 188 Å². The van der Waals surface area contributed by atoms with Crippen molar-refractivity contribution in [1.29, 1.82) is 0 Å². The summed E-state index contributed by atoms with van der Waals surface area (Å²) in [6.45, 7) is 3.37. The first-order valence-electron chi connectivity index (χ1n) is 10.9. The minimum Gasteiger partial charge on any atom is -0.497 e. The first-order valence-corrected chi connectivity index (χ1v) is 10.9. The number of methoxy groups -OCH3 is 2. The number of hydrogen-bond acceptors (Lipinski definition) is 5. The summed E-state index contributed by atoms with van der Waals surface area (Å²) in [5.41, 5.74) is 5.65. The fourth-order valence-corrected chi connectivity index (χ4v) is 4.68. The molecule has 1 fully saturated rings. The molecule has 0 radical (unpaired) electrons. The quantitative estimate of drug-likeness (QED) is 0.597. The van der Waals surface area contributed by atoms with E-state index in [0.29, 0.717) is 0 Å². The van der Waals surface area contributed by atoms with E-state index in [1.165, 1.54) is 0 Å². The van der Waals surface area contributed by atoms with Gasteiger partial charge >= 0.3 is 0 Å². The summed E-state index contributed by atoms with van der Waals surface area (Å²) >= 11 is 0. The molecule has 0 spiro atoms. The SMILES string of the molecule is COc1ccc(C2=C(N3CCN(c4ccccc4OC)CC3)c3ccccc3C2=O)cc1. The molecule has 1 saturated heterocycles. The Morgan fingerprint density at radius 1 is 0.688 bits per heavy atom. The molecule has 162 valence electrons.